The monoisotopic (exact) mass is 410 g/mol. The molecule has 0 bridgehead atoms. The van der Waals surface area contributed by atoms with Crippen LogP contribution in [0.1, 0.15) is 38.3 Å². The summed E-state index contributed by atoms with van der Waals surface area (Å²) in [6.45, 7) is 8.12. The van der Waals surface area contributed by atoms with Crippen LogP contribution < -0.4 is 25.4 Å². The summed E-state index contributed by atoms with van der Waals surface area (Å²) in [5, 5.41) is 9.57. The Balaban J connectivity index is 1.60. The van der Waals surface area contributed by atoms with Crippen molar-refractivity contribution < 1.29 is 14.3 Å². The second-order valence-electron chi connectivity index (χ2n) is 7.24. The van der Waals surface area contributed by atoms with E-state index in [1.807, 2.05) is 63.2 Å². The molecule has 7 heteroatoms. The third-order valence-electron chi connectivity index (χ3n) is 4.92. The standard InChI is InChI=1S/C23H30N4O3/c1-4-16(3)22(28)27-19-8-6-7-17(11-19)13-25-23(24-5-2)26-14-18-9-10-20-21(12-18)30-15-29-20/h6-12,16H,4-5,13-15H2,1-3H3,(H,27,28)(H2,24,25,26). The summed E-state index contributed by atoms with van der Waals surface area (Å²) in [5.41, 5.74) is 2.91. The predicted octanol–water partition coefficient (Wildman–Crippen LogP) is 3.66. The Morgan fingerprint density at radius 1 is 1.07 bits per heavy atom. The zero-order valence-electron chi connectivity index (χ0n) is 17.8. The first-order valence-electron chi connectivity index (χ1n) is 10.4. The maximum Gasteiger partial charge on any atom is 0.231 e. The molecule has 2 aromatic carbocycles. The largest absolute Gasteiger partial charge is 0.454 e. The first-order valence-corrected chi connectivity index (χ1v) is 10.4. The summed E-state index contributed by atoms with van der Waals surface area (Å²) in [6, 6.07) is 13.7. The molecule has 0 saturated heterocycles. The topological polar surface area (TPSA) is 84.0 Å². The molecule has 1 unspecified atom stereocenters. The van der Waals surface area contributed by atoms with E-state index in [9.17, 15) is 4.79 Å². The zero-order chi connectivity index (χ0) is 21.3. The van der Waals surface area contributed by atoms with Gasteiger partial charge in [-0.25, -0.2) is 4.99 Å². The molecule has 0 fully saturated rings. The number of nitrogens with zero attached hydrogens (tertiary/aromatic N) is 1. The molecule has 0 spiro atoms. The summed E-state index contributed by atoms with van der Waals surface area (Å²) in [6.07, 6.45) is 0.816. The van der Waals surface area contributed by atoms with Gasteiger partial charge in [-0.15, -0.1) is 0 Å². The molecule has 1 aliphatic rings. The molecule has 0 aromatic heterocycles. The molecule has 160 valence electrons. The predicted molar refractivity (Wildman–Crippen MR) is 119 cm³/mol. The van der Waals surface area contributed by atoms with Crippen molar-refractivity contribution >= 4 is 17.6 Å². The van der Waals surface area contributed by atoms with E-state index in [0.717, 1.165) is 47.2 Å². The molecule has 0 radical (unpaired) electrons. The molecule has 3 N–H and O–H groups in total. The van der Waals surface area contributed by atoms with Gasteiger partial charge in [0.1, 0.15) is 0 Å². The average Bonchev–Trinajstić information content (AvgIpc) is 3.23. The van der Waals surface area contributed by atoms with Crippen molar-refractivity contribution in [1.82, 2.24) is 10.6 Å². The summed E-state index contributed by atoms with van der Waals surface area (Å²) in [7, 11) is 0. The van der Waals surface area contributed by atoms with Crippen LogP contribution in [-0.4, -0.2) is 25.2 Å². The van der Waals surface area contributed by atoms with E-state index >= 15 is 0 Å². The van der Waals surface area contributed by atoms with Crippen LogP contribution in [0.25, 0.3) is 0 Å². The van der Waals surface area contributed by atoms with Gasteiger partial charge < -0.3 is 25.4 Å². The van der Waals surface area contributed by atoms with Crippen molar-refractivity contribution in [2.24, 2.45) is 10.9 Å². The first-order chi connectivity index (χ1) is 14.6. The number of hydrogen-bond acceptors (Lipinski definition) is 4. The number of ether oxygens (including phenoxy) is 2. The van der Waals surface area contributed by atoms with Crippen LogP contribution in [0.2, 0.25) is 0 Å². The third-order valence-corrected chi connectivity index (χ3v) is 4.92. The highest BCUT2D eigenvalue weighted by molar-refractivity contribution is 5.92. The minimum atomic E-state index is -0.00702. The summed E-state index contributed by atoms with van der Waals surface area (Å²) in [4.78, 5) is 16.8. The Labute approximate surface area is 177 Å². The number of rotatable bonds is 8. The van der Waals surface area contributed by atoms with Crippen molar-refractivity contribution in [1.29, 1.82) is 0 Å². The molecule has 1 aliphatic heterocycles. The van der Waals surface area contributed by atoms with Gasteiger partial charge in [-0.05, 0) is 48.7 Å². The quantitative estimate of drug-likeness (QED) is 0.457. The van der Waals surface area contributed by atoms with Gasteiger partial charge in [-0.3, -0.25) is 4.79 Å². The fourth-order valence-electron chi connectivity index (χ4n) is 2.95. The number of benzene rings is 2. The smallest absolute Gasteiger partial charge is 0.231 e. The van der Waals surface area contributed by atoms with Crippen molar-refractivity contribution in [2.45, 2.75) is 40.3 Å². The summed E-state index contributed by atoms with van der Waals surface area (Å²) in [5.74, 6) is 2.31. The molecule has 0 aliphatic carbocycles. The fourth-order valence-corrected chi connectivity index (χ4v) is 2.95. The van der Waals surface area contributed by atoms with Gasteiger partial charge in [0.15, 0.2) is 17.5 Å². The Morgan fingerprint density at radius 3 is 2.70 bits per heavy atom. The number of nitrogens with one attached hydrogen (secondary N) is 3. The number of carbonyl (C=O) groups excluding carboxylic acids is 1. The van der Waals surface area contributed by atoms with E-state index < -0.39 is 0 Å². The number of anilines is 1. The van der Waals surface area contributed by atoms with Crippen LogP contribution in [0.15, 0.2) is 47.5 Å². The Morgan fingerprint density at radius 2 is 1.90 bits per heavy atom. The van der Waals surface area contributed by atoms with Crippen LogP contribution in [0.4, 0.5) is 5.69 Å². The van der Waals surface area contributed by atoms with Gasteiger partial charge in [0.2, 0.25) is 12.7 Å². The lowest BCUT2D eigenvalue weighted by molar-refractivity contribution is -0.119. The van der Waals surface area contributed by atoms with Crippen LogP contribution in [0.3, 0.4) is 0 Å². The van der Waals surface area contributed by atoms with Crippen molar-refractivity contribution in [3.8, 4) is 11.5 Å². The Kier molecular flexibility index (Phi) is 7.54. The van der Waals surface area contributed by atoms with Crippen molar-refractivity contribution in [3.05, 3.63) is 53.6 Å². The van der Waals surface area contributed by atoms with Crippen LogP contribution in [0.5, 0.6) is 11.5 Å². The molecule has 0 saturated carbocycles. The number of aliphatic imine (C=N–C) groups is 1. The second-order valence-corrected chi connectivity index (χ2v) is 7.24. The van der Waals surface area contributed by atoms with Gasteiger partial charge in [0.05, 0.1) is 6.54 Å². The van der Waals surface area contributed by atoms with E-state index in [4.69, 9.17) is 9.47 Å². The number of fused-ring (bicyclic) bond motifs is 1. The lowest BCUT2D eigenvalue weighted by Crippen LogP contribution is -2.36. The third kappa shape index (κ3) is 5.89. The second kappa shape index (κ2) is 10.5. The van der Waals surface area contributed by atoms with Gasteiger partial charge in [0.25, 0.3) is 0 Å². The molecule has 30 heavy (non-hydrogen) atoms. The van der Waals surface area contributed by atoms with E-state index in [2.05, 4.69) is 20.9 Å². The lowest BCUT2D eigenvalue weighted by atomic mass is 10.1. The van der Waals surface area contributed by atoms with Gasteiger partial charge in [-0.1, -0.05) is 32.0 Å². The summed E-state index contributed by atoms with van der Waals surface area (Å²) < 4.78 is 10.8. The molecular formula is C23H30N4O3. The number of guanidine groups is 1. The Bertz CT molecular complexity index is 898. The molecule has 2 aromatic rings. The molecule has 1 amide bonds. The van der Waals surface area contributed by atoms with Gasteiger partial charge in [0, 0.05) is 24.7 Å². The molecule has 7 nitrogen and oxygen atoms in total. The van der Waals surface area contributed by atoms with E-state index in [0.29, 0.717) is 13.1 Å². The zero-order valence-corrected chi connectivity index (χ0v) is 17.8. The van der Waals surface area contributed by atoms with E-state index in [-0.39, 0.29) is 18.6 Å². The van der Waals surface area contributed by atoms with Gasteiger partial charge >= 0.3 is 0 Å². The van der Waals surface area contributed by atoms with Crippen molar-refractivity contribution in [3.63, 3.8) is 0 Å². The molecule has 1 atom stereocenters. The van der Waals surface area contributed by atoms with Crippen LogP contribution in [-0.2, 0) is 17.9 Å². The fraction of sp³-hybridized carbons (Fsp3) is 0.391. The maximum atomic E-state index is 12.1. The Hall–Kier alpha value is -3.22. The normalized spacial score (nSPS) is 13.6. The minimum Gasteiger partial charge on any atom is -0.454 e. The molecular weight excluding hydrogens is 380 g/mol. The number of amides is 1. The SMILES string of the molecule is CCNC(=NCc1cccc(NC(=O)C(C)CC)c1)NCc1ccc2c(c1)OCO2. The van der Waals surface area contributed by atoms with E-state index in [1.54, 1.807) is 0 Å². The maximum absolute atomic E-state index is 12.1. The molecule has 1 heterocycles. The summed E-state index contributed by atoms with van der Waals surface area (Å²) >= 11 is 0. The van der Waals surface area contributed by atoms with Crippen LogP contribution >= 0.6 is 0 Å². The molecule has 3 rings (SSSR count). The average molecular weight is 411 g/mol. The van der Waals surface area contributed by atoms with Gasteiger partial charge in [-0.2, -0.15) is 0 Å². The lowest BCUT2D eigenvalue weighted by Gasteiger charge is -2.13. The highest BCUT2D eigenvalue weighted by Crippen LogP contribution is 2.32. The highest BCUT2D eigenvalue weighted by Gasteiger charge is 2.13. The number of hydrogen-bond donors (Lipinski definition) is 3. The first kappa shape index (κ1) is 21.5. The van der Waals surface area contributed by atoms with E-state index in [1.165, 1.54) is 0 Å². The van der Waals surface area contributed by atoms with Crippen molar-refractivity contribution in [2.75, 3.05) is 18.7 Å². The number of carbonyl (C=O) groups is 1. The highest BCUT2D eigenvalue weighted by atomic mass is 16.7. The minimum absolute atomic E-state index is 0.00702. The van der Waals surface area contributed by atoms with Crippen LogP contribution in [0, 0.1) is 5.92 Å².